The van der Waals surface area contributed by atoms with E-state index in [1.54, 1.807) is 12.1 Å². The van der Waals surface area contributed by atoms with E-state index < -0.39 is 17.2 Å². The van der Waals surface area contributed by atoms with Gasteiger partial charge in [-0.25, -0.2) is 14.9 Å². The molecule has 3 aromatic heterocycles. The van der Waals surface area contributed by atoms with Crippen LogP contribution in [0, 0.1) is 0 Å². The number of aromatic amines is 1. The van der Waals surface area contributed by atoms with Gasteiger partial charge < -0.3 is 9.52 Å². The molecule has 0 saturated heterocycles. The zero-order valence-electron chi connectivity index (χ0n) is 14.0. The zero-order valence-corrected chi connectivity index (χ0v) is 14.7. The first-order valence-electron chi connectivity index (χ1n) is 8.07. The number of benzene rings is 1. The van der Waals surface area contributed by atoms with Gasteiger partial charge in [-0.2, -0.15) is 0 Å². The molecule has 0 spiro atoms. The van der Waals surface area contributed by atoms with E-state index >= 15 is 0 Å². The second-order valence-corrected chi connectivity index (χ2v) is 6.30. The SMILES string of the molecule is CCCc1c2nc(-c3nnn[nH]3)cc(Cl)c2cc2c(=O)cc(C(=O)O)oc12.[NaH].[NaH]. The van der Waals surface area contributed by atoms with Gasteiger partial charge in [0.05, 0.1) is 15.9 Å². The maximum absolute atomic E-state index is 12.5. The molecule has 0 saturated carbocycles. The van der Waals surface area contributed by atoms with E-state index in [1.165, 1.54) is 0 Å². The van der Waals surface area contributed by atoms with Gasteiger partial charge in [0.15, 0.2) is 11.3 Å². The van der Waals surface area contributed by atoms with Crippen molar-refractivity contribution in [2.24, 2.45) is 0 Å². The average molecular weight is 434 g/mol. The number of pyridine rings is 1. The monoisotopic (exact) mass is 433 g/mol. The number of hydrogen-bond donors (Lipinski definition) is 2. The summed E-state index contributed by atoms with van der Waals surface area (Å²) in [7, 11) is 0. The molecule has 0 amide bonds. The third kappa shape index (κ3) is 4.41. The minimum absolute atomic E-state index is 0. The summed E-state index contributed by atoms with van der Waals surface area (Å²) in [5.41, 5.74) is 1.29. The number of nitrogens with one attached hydrogen (secondary N) is 1. The van der Waals surface area contributed by atoms with Crippen molar-refractivity contribution < 1.29 is 14.3 Å². The second-order valence-electron chi connectivity index (χ2n) is 5.90. The Labute approximate surface area is 212 Å². The fourth-order valence-corrected chi connectivity index (χ4v) is 3.23. The van der Waals surface area contributed by atoms with Crippen LogP contribution in [0.25, 0.3) is 33.4 Å². The molecule has 0 aliphatic heterocycles. The van der Waals surface area contributed by atoms with Crippen LogP contribution < -0.4 is 5.43 Å². The van der Waals surface area contributed by atoms with E-state index in [2.05, 4.69) is 25.6 Å². The molecule has 3 heterocycles. The van der Waals surface area contributed by atoms with Crippen LogP contribution in [0.2, 0.25) is 5.02 Å². The van der Waals surface area contributed by atoms with Crippen molar-refractivity contribution >= 4 is 98.6 Å². The third-order valence-corrected chi connectivity index (χ3v) is 4.45. The number of H-pyrrole nitrogens is 1. The van der Waals surface area contributed by atoms with Crippen LogP contribution in [0.1, 0.15) is 29.5 Å². The fourth-order valence-electron chi connectivity index (χ4n) is 2.98. The van der Waals surface area contributed by atoms with E-state index in [-0.39, 0.29) is 70.1 Å². The summed E-state index contributed by atoms with van der Waals surface area (Å²) < 4.78 is 5.54. The number of halogens is 1. The molecule has 1 aromatic carbocycles. The van der Waals surface area contributed by atoms with Crippen molar-refractivity contribution in [2.75, 3.05) is 0 Å². The quantitative estimate of drug-likeness (QED) is 0.365. The first kappa shape index (κ1) is 23.9. The summed E-state index contributed by atoms with van der Waals surface area (Å²) >= 11 is 6.44. The van der Waals surface area contributed by atoms with Gasteiger partial charge in [-0.05, 0) is 29.0 Å². The average Bonchev–Trinajstić information content (AvgIpc) is 3.17. The molecule has 29 heavy (non-hydrogen) atoms. The first-order chi connectivity index (χ1) is 13.0. The molecular formula is C17H14ClN5Na2O4. The van der Waals surface area contributed by atoms with E-state index in [0.717, 1.165) is 12.5 Å². The summed E-state index contributed by atoms with van der Waals surface area (Å²) in [6.45, 7) is 1.95. The van der Waals surface area contributed by atoms with Crippen LogP contribution in [0.4, 0.5) is 0 Å². The molecule has 9 nitrogen and oxygen atoms in total. The molecular weight excluding hydrogens is 420 g/mol. The van der Waals surface area contributed by atoms with Crippen LogP contribution in [-0.2, 0) is 6.42 Å². The van der Waals surface area contributed by atoms with E-state index in [1.807, 2.05) is 6.92 Å². The Morgan fingerprint density at radius 3 is 2.62 bits per heavy atom. The Morgan fingerprint density at radius 1 is 1.24 bits per heavy atom. The second kappa shape index (κ2) is 9.65. The molecule has 0 bridgehead atoms. The number of aromatic nitrogens is 5. The molecule has 0 unspecified atom stereocenters. The summed E-state index contributed by atoms with van der Waals surface area (Å²) in [5.74, 6) is -1.41. The number of hydrogen-bond acceptors (Lipinski definition) is 7. The standard InChI is InChI=1S/C17H12ClN5O4.2Na.2H/c1-2-3-7-14-8(10(18)5-11(19-14)16-20-22-23-21-16)4-9-12(24)6-13(17(25)26)27-15(7)9;;;;/h4-6H,2-3H2,1H3,(H,25,26)(H,20,21,22,23);;;;. The normalized spacial score (nSPS) is 10.6. The van der Waals surface area contributed by atoms with Gasteiger partial charge in [0.25, 0.3) is 0 Å². The Balaban J connectivity index is 0.00000150. The summed E-state index contributed by atoms with van der Waals surface area (Å²) in [6.07, 6.45) is 1.24. The topological polar surface area (TPSA) is 135 Å². The Bertz CT molecular complexity index is 1260. The molecule has 2 N–H and O–H groups in total. The maximum atomic E-state index is 12.5. The van der Waals surface area contributed by atoms with Gasteiger partial charge in [0.2, 0.25) is 5.76 Å². The van der Waals surface area contributed by atoms with Crippen LogP contribution in [0.3, 0.4) is 0 Å². The van der Waals surface area contributed by atoms with Crippen LogP contribution >= 0.6 is 11.6 Å². The van der Waals surface area contributed by atoms with Crippen molar-refractivity contribution in [1.82, 2.24) is 25.6 Å². The number of aryl methyl sites for hydroxylation is 1. The van der Waals surface area contributed by atoms with Gasteiger partial charge in [-0.15, -0.1) is 5.10 Å². The number of nitrogens with zero attached hydrogens (tertiary/aromatic N) is 4. The number of aromatic carboxylic acids is 1. The van der Waals surface area contributed by atoms with Gasteiger partial charge in [-0.1, -0.05) is 24.9 Å². The first-order valence-corrected chi connectivity index (χ1v) is 8.44. The Morgan fingerprint density at radius 2 is 2.00 bits per heavy atom. The van der Waals surface area contributed by atoms with Crippen molar-refractivity contribution in [3.8, 4) is 11.5 Å². The molecule has 4 aromatic rings. The Hall–Kier alpha value is -1.33. The van der Waals surface area contributed by atoms with Crippen LogP contribution in [-0.4, -0.2) is 95.8 Å². The number of tetrazole rings is 1. The van der Waals surface area contributed by atoms with Crippen LogP contribution in [0.15, 0.2) is 27.4 Å². The minimum atomic E-state index is -1.32. The molecule has 0 aliphatic carbocycles. The summed E-state index contributed by atoms with van der Waals surface area (Å²) in [5, 5.41) is 23.9. The summed E-state index contributed by atoms with van der Waals surface area (Å²) in [4.78, 5) is 28.3. The Kier molecular flexibility index (Phi) is 7.97. The molecule has 0 atom stereocenters. The van der Waals surface area contributed by atoms with Gasteiger partial charge in [0, 0.05) is 17.0 Å². The van der Waals surface area contributed by atoms with E-state index in [9.17, 15) is 14.7 Å². The number of carboxylic acid groups (broad SMARTS) is 1. The number of fused-ring (bicyclic) bond motifs is 2. The van der Waals surface area contributed by atoms with Gasteiger partial charge in [0.1, 0.15) is 11.3 Å². The molecule has 4 rings (SSSR count). The molecule has 0 fully saturated rings. The number of rotatable bonds is 4. The van der Waals surface area contributed by atoms with Crippen molar-refractivity contribution in [1.29, 1.82) is 0 Å². The molecule has 0 aliphatic rings. The van der Waals surface area contributed by atoms with E-state index in [4.69, 9.17) is 16.0 Å². The van der Waals surface area contributed by atoms with Crippen molar-refractivity contribution in [2.45, 2.75) is 19.8 Å². The predicted molar refractivity (Wildman–Crippen MR) is 111 cm³/mol. The molecule has 140 valence electrons. The van der Waals surface area contributed by atoms with E-state index in [0.29, 0.717) is 39.4 Å². The third-order valence-electron chi connectivity index (χ3n) is 4.14. The van der Waals surface area contributed by atoms with Crippen molar-refractivity contribution in [3.63, 3.8) is 0 Å². The van der Waals surface area contributed by atoms with Gasteiger partial charge >= 0.3 is 65.1 Å². The zero-order chi connectivity index (χ0) is 19.1. The molecule has 12 heteroatoms. The summed E-state index contributed by atoms with van der Waals surface area (Å²) in [6, 6.07) is 4.13. The predicted octanol–water partition coefficient (Wildman–Crippen LogP) is 1.53. The number of carboxylic acids is 1. The fraction of sp³-hybridized carbons (Fsp3) is 0.176. The van der Waals surface area contributed by atoms with Crippen LogP contribution in [0.5, 0.6) is 0 Å². The molecule has 0 radical (unpaired) electrons. The number of carbonyl (C=O) groups is 1. The van der Waals surface area contributed by atoms with Gasteiger partial charge in [-0.3, -0.25) is 4.79 Å². The van der Waals surface area contributed by atoms with Crippen molar-refractivity contribution in [3.05, 3.63) is 44.8 Å².